The van der Waals surface area contributed by atoms with E-state index < -0.39 is 6.29 Å². The van der Waals surface area contributed by atoms with Crippen LogP contribution < -0.4 is 0 Å². The van der Waals surface area contributed by atoms with E-state index >= 15 is 0 Å². The summed E-state index contributed by atoms with van der Waals surface area (Å²) in [5.74, 6) is -0.428. The molecule has 3 aliphatic rings. The van der Waals surface area contributed by atoms with Gasteiger partial charge in [0.25, 0.3) is 11.8 Å². The number of carbonyl (C=O) groups excluding carboxylic acids is 2. The van der Waals surface area contributed by atoms with Crippen molar-refractivity contribution in [3.05, 3.63) is 130 Å². The van der Waals surface area contributed by atoms with Crippen LogP contribution in [0.5, 0.6) is 0 Å². The Morgan fingerprint density at radius 3 is 2.11 bits per heavy atom. The number of rotatable bonds is 8. The van der Waals surface area contributed by atoms with Gasteiger partial charge in [-0.05, 0) is 52.1 Å². The summed E-state index contributed by atoms with van der Waals surface area (Å²) in [5, 5.41) is 9.58. The summed E-state index contributed by atoms with van der Waals surface area (Å²) in [5.41, 5.74) is 6.57. The predicted molar refractivity (Wildman–Crippen MR) is 173 cm³/mol. The highest BCUT2D eigenvalue weighted by atomic mass is 16.7. The van der Waals surface area contributed by atoms with Crippen molar-refractivity contribution >= 4 is 11.8 Å². The number of ether oxygens (including phenoxy) is 3. The summed E-state index contributed by atoms with van der Waals surface area (Å²) in [6.45, 7) is 6.37. The minimum Gasteiger partial charge on any atom is -0.392 e. The molecule has 2 amide bonds. The lowest BCUT2D eigenvalue weighted by atomic mass is 9.89. The fourth-order valence-corrected chi connectivity index (χ4v) is 6.65. The molecule has 0 aromatic heterocycles. The Morgan fingerprint density at radius 2 is 1.41 bits per heavy atom. The highest BCUT2D eigenvalue weighted by Gasteiger charge is 2.39. The molecule has 0 radical (unpaired) electrons. The van der Waals surface area contributed by atoms with E-state index in [-0.39, 0.29) is 43.1 Å². The van der Waals surface area contributed by atoms with E-state index in [1.807, 2.05) is 66.7 Å². The van der Waals surface area contributed by atoms with Crippen molar-refractivity contribution in [3.63, 3.8) is 0 Å². The number of morpholine rings is 1. The van der Waals surface area contributed by atoms with Gasteiger partial charge in [0.15, 0.2) is 6.29 Å². The minimum atomic E-state index is -0.578. The van der Waals surface area contributed by atoms with Gasteiger partial charge in [-0.3, -0.25) is 19.4 Å². The topological polar surface area (TPSA) is 88.5 Å². The Morgan fingerprint density at radius 1 is 0.739 bits per heavy atom. The maximum absolute atomic E-state index is 13.0. The zero-order valence-corrected chi connectivity index (χ0v) is 25.9. The highest BCUT2D eigenvalue weighted by molar-refractivity contribution is 6.21. The molecular weight excluding hydrogens is 580 g/mol. The SMILES string of the molecule is C[C@@H]1[C@H](CN2CCOCC2)O[C@H](c2cccc(-c3cccc(CN4C(=O)c5ccccc5C4=O)c3)c2)O[C@@H]1c1ccc(CO)cc1. The Hall–Kier alpha value is -4.18. The molecule has 4 atom stereocenters. The standard InChI is InChI=1S/C38H38N2O6/c1-25-34(23-39-16-18-44-19-17-39)45-38(46-35(25)28-14-12-26(24-41)13-15-28)31-9-5-8-30(21-31)29-7-4-6-27(20-29)22-40-36(42)32-10-2-3-11-33(32)37(40)43/h2-15,20-21,25,34-35,38,41H,16-19,22-24H2,1H3/t25-,34+,35+,38+/m1/s1. The molecule has 8 heteroatoms. The Balaban J connectivity index is 1.14. The lowest BCUT2D eigenvalue weighted by molar-refractivity contribution is -0.277. The summed E-state index contributed by atoms with van der Waals surface area (Å²) in [6.07, 6.45) is -0.832. The van der Waals surface area contributed by atoms with Gasteiger partial charge in [-0.25, -0.2) is 0 Å². The first-order valence-electron chi connectivity index (χ1n) is 15.9. The average molecular weight is 619 g/mol. The number of benzene rings is 4. The number of nitrogens with zero attached hydrogens (tertiary/aromatic N) is 2. The number of aliphatic hydroxyl groups is 1. The van der Waals surface area contributed by atoms with Crippen LogP contribution in [0.3, 0.4) is 0 Å². The maximum atomic E-state index is 13.0. The van der Waals surface area contributed by atoms with Crippen LogP contribution in [0.2, 0.25) is 0 Å². The first kappa shape index (κ1) is 30.5. The van der Waals surface area contributed by atoms with Gasteiger partial charge in [0.05, 0.1) is 49.7 Å². The zero-order valence-electron chi connectivity index (χ0n) is 25.9. The quantitative estimate of drug-likeness (QED) is 0.251. The van der Waals surface area contributed by atoms with Crippen molar-refractivity contribution in [2.24, 2.45) is 5.92 Å². The monoisotopic (exact) mass is 618 g/mol. The smallest absolute Gasteiger partial charge is 0.261 e. The molecule has 0 aliphatic carbocycles. The third kappa shape index (κ3) is 6.15. The number of hydrogen-bond acceptors (Lipinski definition) is 7. The number of imide groups is 1. The Labute approximate surface area is 269 Å². The number of aliphatic hydroxyl groups excluding tert-OH is 1. The second-order valence-corrected chi connectivity index (χ2v) is 12.3. The molecule has 0 unspecified atom stereocenters. The summed E-state index contributed by atoms with van der Waals surface area (Å²) in [7, 11) is 0. The van der Waals surface area contributed by atoms with Crippen LogP contribution in [0.15, 0.2) is 97.1 Å². The fourth-order valence-electron chi connectivity index (χ4n) is 6.65. The summed E-state index contributed by atoms with van der Waals surface area (Å²) < 4.78 is 19.0. The molecule has 2 saturated heterocycles. The molecule has 236 valence electrons. The number of carbonyl (C=O) groups is 2. The molecule has 4 aromatic carbocycles. The highest BCUT2D eigenvalue weighted by Crippen LogP contribution is 2.42. The molecule has 8 nitrogen and oxygen atoms in total. The molecule has 2 fully saturated rings. The van der Waals surface area contributed by atoms with Gasteiger partial charge < -0.3 is 19.3 Å². The van der Waals surface area contributed by atoms with Crippen molar-refractivity contribution in [2.75, 3.05) is 32.8 Å². The molecule has 0 spiro atoms. The van der Waals surface area contributed by atoms with E-state index in [1.54, 1.807) is 24.3 Å². The van der Waals surface area contributed by atoms with E-state index in [2.05, 4.69) is 17.9 Å². The summed E-state index contributed by atoms with van der Waals surface area (Å²) in [4.78, 5) is 29.7. The third-order valence-corrected chi connectivity index (χ3v) is 9.30. The molecule has 3 heterocycles. The molecule has 46 heavy (non-hydrogen) atoms. The van der Waals surface area contributed by atoms with Gasteiger partial charge in [-0.15, -0.1) is 0 Å². The van der Waals surface area contributed by atoms with Crippen molar-refractivity contribution < 1.29 is 28.9 Å². The molecule has 0 saturated carbocycles. The number of hydrogen-bond donors (Lipinski definition) is 1. The van der Waals surface area contributed by atoms with Crippen LogP contribution in [0.4, 0.5) is 0 Å². The first-order valence-corrected chi connectivity index (χ1v) is 15.9. The van der Waals surface area contributed by atoms with Gasteiger partial charge >= 0.3 is 0 Å². The number of amides is 2. The van der Waals surface area contributed by atoms with E-state index in [0.29, 0.717) is 11.1 Å². The minimum absolute atomic E-state index is 0.000953. The van der Waals surface area contributed by atoms with Gasteiger partial charge in [-0.2, -0.15) is 0 Å². The molecular formula is C38H38N2O6. The normalized spacial score (nSPS) is 23.5. The van der Waals surface area contributed by atoms with Crippen LogP contribution in [0.25, 0.3) is 11.1 Å². The lowest BCUT2D eigenvalue weighted by Crippen LogP contribution is -2.47. The predicted octanol–water partition coefficient (Wildman–Crippen LogP) is 5.77. The average Bonchev–Trinajstić information content (AvgIpc) is 3.34. The Bertz CT molecular complexity index is 1680. The lowest BCUT2D eigenvalue weighted by Gasteiger charge is -2.43. The first-order chi connectivity index (χ1) is 22.5. The van der Waals surface area contributed by atoms with Crippen LogP contribution in [-0.4, -0.2) is 65.7 Å². The Kier molecular flexibility index (Phi) is 8.80. The molecule has 3 aliphatic heterocycles. The van der Waals surface area contributed by atoms with Crippen LogP contribution in [0, 0.1) is 5.92 Å². The number of fused-ring (bicyclic) bond motifs is 1. The van der Waals surface area contributed by atoms with Crippen molar-refractivity contribution in [2.45, 2.75) is 38.6 Å². The zero-order chi connectivity index (χ0) is 31.6. The van der Waals surface area contributed by atoms with E-state index in [0.717, 1.165) is 66.2 Å². The van der Waals surface area contributed by atoms with E-state index in [1.165, 1.54) is 4.90 Å². The van der Waals surface area contributed by atoms with Crippen LogP contribution >= 0.6 is 0 Å². The van der Waals surface area contributed by atoms with Gasteiger partial charge in [-0.1, -0.05) is 79.7 Å². The fraction of sp³-hybridized carbons (Fsp3) is 0.316. The van der Waals surface area contributed by atoms with Crippen molar-refractivity contribution in [3.8, 4) is 11.1 Å². The second-order valence-electron chi connectivity index (χ2n) is 12.3. The van der Waals surface area contributed by atoms with E-state index in [4.69, 9.17) is 14.2 Å². The molecule has 7 rings (SSSR count). The van der Waals surface area contributed by atoms with Gasteiger partial charge in [0, 0.05) is 31.1 Å². The molecule has 0 bridgehead atoms. The van der Waals surface area contributed by atoms with Crippen LogP contribution in [-0.2, 0) is 27.4 Å². The van der Waals surface area contributed by atoms with Gasteiger partial charge in [0.2, 0.25) is 0 Å². The molecule has 4 aromatic rings. The van der Waals surface area contributed by atoms with Gasteiger partial charge in [0.1, 0.15) is 0 Å². The largest absolute Gasteiger partial charge is 0.392 e. The second kappa shape index (κ2) is 13.3. The maximum Gasteiger partial charge on any atom is 0.261 e. The van der Waals surface area contributed by atoms with E-state index in [9.17, 15) is 14.7 Å². The molecule has 1 N–H and O–H groups in total. The van der Waals surface area contributed by atoms with Crippen molar-refractivity contribution in [1.82, 2.24) is 9.80 Å². The van der Waals surface area contributed by atoms with Crippen molar-refractivity contribution in [1.29, 1.82) is 0 Å². The summed E-state index contributed by atoms with van der Waals surface area (Å²) in [6, 6.07) is 31.1. The third-order valence-electron chi connectivity index (χ3n) is 9.30. The summed E-state index contributed by atoms with van der Waals surface area (Å²) >= 11 is 0. The van der Waals surface area contributed by atoms with Crippen LogP contribution in [0.1, 0.15) is 62.3 Å².